The average molecular weight is 276 g/mol. The molecule has 1 aromatic heterocycles. The van der Waals surface area contributed by atoms with Crippen molar-refractivity contribution < 1.29 is 9.45 Å². The molecule has 7 heteroatoms. The SMILES string of the molecule is CC(C)(C)NCc1nc(-c2ccccc2[N+](=O)[O-])no1. The van der Waals surface area contributed by atoms with E-state index in [-0.39, 0.29) is 17.1 Å². The summed E-state index contributed by atoms with van der Waals surface area (Å²) >= 11 is 0. The van der Waals surface area contributed by atoms with Crippen LogP contribution in [0.25, 0.3) is 11.4 Å². The normalized spacial score (nSPS) is 11.6. The second-order valence-electron chi connectivity index (χ2n) is 5.39. The molecule has 0 aliphatic carbocycles. The van der Waals surface area contributed by atoms with Gasteiger partial charge in [0.25, 0.3) is 5.69 Å². The van der Waals surface area contributed by atoms with E-state index in [0.29, 0.717) is 18.0 Å². The van der Waals surface area contributed by atoms with Gasteiger partial charge in [-0.3, -0.25) is 10.1 Å². The molecule has 0 saturated heterocycles. The molecule has 1 heterocycles. The Morgan fingerprint density at radius 1 is 1.35 bits per heavy atom. The number of hydrogen-bond acceptors (Lipinski definition) is 6. The van der Waals surface area contributed by atoms with Crippen LogP contribution in [0.4, 0.5) is 5.69 Å². The lowest BCUT2D eigenvalue weighted by Gasteiger charge is -2.18. The van der Waals surface area contributed by atoms with Gasteiger partial charge in [0.15, 0.2) is 0 Å². The zero-order valence-electron chi connectivity index (χ0n) is 11.6. The zero-order chi connectivity index (χ0) is 14.8. The number of rotatable bonds is 4. The molecular weight excluding hydrogens is 260 g/mol. The Labute approximate surface area is 116 Å². The molecule has 0 unspecified atom stereocenters. The molecule has 1 aromatic carbocycles. The first-order chi connectivity index (χ1) is 9.37. The minimum absolute atomic E-state index is 0.0383. The fourth-order valence-electron chi connectivity index (χ4n) is 1.60. The van der Waals surface area contributed by atoms with E-state index in [4.69, 9.17) is 4.52 Å². The van der Waals surface area contributed by atoms with Gasteiger partial charge in [0.1, 0.15) is 5.56 Å². The molecular formula is C13H16N4O3. The van der Waals surface area contributed by atoms with E-state index in [2.05, 4.69) is 15.5 Å². The average Bonchev–Trinajstić information content (AvgIpc) is 2.84. The summed E-state index contributed by atoms with van der Waals surface area (Å²) < 4.78 is 5.10. The molecule has 0 amide bonds. The summed E-state index contributed by atoms with van der Waals surface area (Å²) in [6.45, 7) is 6.47. The van der Waals surface area contributed by atoms with Crippen LogP contribution in [-0.2, 0) is 6.54 Å². The molecule has 20 heavy (non-hydrogen) atoms. The Bertz CT molecular complexity index is 616. The van der Waals surface area contributed by atoms with Crippen molar-refractivity contribution in [1.29, 1.82) is 0 Å². The van der Waals surface area contributed by atoms with Crippen molar-refractivity contribution in [3.05, 3.63) is 40.3 Å². The van der Waals surface area contributed by atoms with Crippen molar-refractivity contribution in [2.45, 2.75) is 32.9 Å². The lowest BCUT2D eigenvalue weighted by molar-refractivity contribution is -0.384. The molecule has 0 bridgehead atoms. The molecule has 2 rings (SSSR count). The predicted octanol–water partition coefficient (Wildman–Crippen LogP) is 2.53. The predicted molar refractivity (Wildman–Crippen MR) is 73.0 cm³/mol. The molecule has 0 spiro atoms. The van der Waals surface area contributed by atoms with Crippen molar-refractivity contribution in [1.82, 2.24) is 15.5 Å². The van der Waals surface area contributed by atoms with Crippen molar-refractivity contribution in [2.75, 3.05) is 0 Å². The van der Waals surface area contributed by atoms with Gasteiger partial charge in [0.05, 0.1) is 11.5 Å². The highest BCUT2D eigenvalue weighted by Crippen LogP contribution is 2.26. The molecule has 0 aliphatic heterocycles. The van der Waals surface area contributed by atoms with Gasteiger partial charge in [-0.25, -0.2) is 0 Å². The van der Waals surface area contributed by atoms with E-state index in [0.717, 1.165) is 0 Å². The maximum Gasteiger partial charge on any atom is 0.280 e. The maximum atomic E-state index is 11.0. The van der Waals surface area contributed by atoms with Gasteiger partial charge in [-0.2, -0.15) is 4.98 Å². The summed E-state index contributed by atoms with van der Waals surface area (Å²) in [6.07, 6.45) is 0. The van der Waals surface area contributed by atoms with E-state index < -0.39 is 4.92 Å². The van der Waals surface area contributed by atoms with Gasteiger partial charge in [-0.05, 0) is 26.8 Å². The number of nitrogens with one attached hydrogen (secondary N) is 1. The number of nitro groups is 1. The molecule has 0 aliphatic rings. The number of nitro benzene ring substituents is 1. The highest BCUT2D eigenvalue weighted by molar-refractivity contribution is 5.67. The molecule has 0 radical (unpaired) electrons. The third-order valence-corrected chi connectivity index (χ3v) is 2.58. The van der Waals surface area contributed by atoms with Crippen molar-refractivity contribution in [2.24, 2.45) is 0 Å². The van der Waals surface area contributed by atoms with E-state index in [1.807, 2.05) is 20.8 Å². The standard InChI is InChI=1S/C13H16N4O3/c1-13(2,3)14-8-11-15-12(16-20-11)9-6-4-5-7-10(9)17(18)19/h4-7,14H,8H2,1-3H3. The van der Waals surface area contributed by atoms with Crippen molar-refractivity contribution in [3.8, 4) is 11.4 Å². The highest BCUT2D eigenvalue weighted by atomic mass is 16.6. The summed E-state index contributed by atoms with van der Waals surface area (Å²) in [7, 11) is 0. The van der Waals surface area contributed by atoms with Crippen LogP contribution in [0.3, 0.4) is 0 Å². The second kappa shape index (κ2) is 5.38. The topological polar surface area (TPSA) is 94.1 Å². The third-order valence-electron chi connectivity index (χ3n) is 2.58. The molecule has 2 aromatic rings. The monoisotopic (exact) mass is 276 g/mol. The first-order valence-corrected chi connectivity index (χ1v) is 6.18. The zero-order valence-corrected chi connectivity index (χ0v) is 11.6. The van der Waals surface area contributed by atoms with Gasteiger partial charge in [-0.15, -0.1) is 0 Å². The van der Waals surface area contributed by atoms with E-state index >= 15 is 0 Å². The molecule has 1 N–H and O–H groups in total. The largest absolute Gasteiger partial charge is 0.338 e. The number of benzene rings is 1. The summed E-state index contributed by atoms with van der Waals surface area (Å²) in [5.74, 6) is 0.621. The second-order valence-corrected chi connectivity index (χ2v) is 5.39. The van der Waals surface area contributed by atoms with Gasteiger partial charge in [0, 0.05) is 11.6 Å². The summed E-state index contributed by atoms with van der Waals surface area (Å²) in [5, 5.41) is 18.0. The Kier molecular flexibility index (Phi) is 3.80. The Balaban J connectivity index is 2.23. The number of nitrogens with zero attached hydrogens (tertiary/aromatic N) is 3. The van der Waals surface area contributed by atoms with Crippen molar-refractivity contribution in [3.63, 3.8) is 0 Å². The fourth-order valence-corrected chi connectivity index (χ4v) is 1.60. The van der Waals surface area contributed by atoms with Crippen LogP contribution in [0.1, 0.15) is 26.7 Å². The van der Waals surface area contributed by atoms with Crippen LogP contribution in [0.2, 0.25) is 0 Å². The van der Waals surface area contributed by atoms with Crippen molar-refractivity contribution >= 4 is 5.69 Å². The van der Waals surface area contributed by atoms with E-state index in [1.165, 1.54) is 6.07 Å². The Morgan fingerprint density at radius 3 is 2.70 bits per heavy atom. The van der Waals surface area contributed by atoms with Gasteiger partial charge in [0.2, 0.25) is 11.7 Å². The van der Waals surface area contributed by atoms with Gasteiger partial charge < -0.3 is 9.84 Å². The maximum absolute atomic E-state index is 11.0. The van der Waals surface area contributed by atoms with Gasteiger partial charge >= 0.3 is 0 Å². The van der Waals surface area contributed by atoms with E-state index in [1.54, 1.807) is 18.2 Å². The minimum Gasteiger partial charge on any atom is -0.338 e. The highest BCUT2D eigenvalue weighted by Gasteiger charge is 2.19. The number of aromatic nitrogens is 2. The molecule has 106 valence electrons. The molecule has 7 nitrogen and oxygen atoms in total. The number of hydrogen-bond donors (Lipinski definition) is 1. The Morgan fingerprint density at radius 2 is 2.05 bits per heavy atom. The third kappa shape index (κ3) is 3.39. The van der Waals surface area contributed by atoms with Crippen LogP contribution in [-0.4, -0.2) is 20.6 Å². The minimum atomic E-state index is -0.460. The van der Waals surface area contributed by atoms with Crippen LogP contribution >= 0.6 is 0 Å². The first-order valence-electron chi connectivity index (χ1n) is 6.18. The molecule has 0 saturated carbocycles. The molecule has 0 fully saturated rings. The van der Waals surface area contributed by atoms with Crippen LogP contribution in [0, 0.1) is 10.1 Å². The lowest BCUT2D eigenvalue weighted by atomic mass is 10.1. The summed E-state index contributed by atoms with van der Waals surface area (Å²) in [6, 6.07) is 6.32. The lowest BCUT2D eigenvalue weighted by Crippen LogP contribution is -2.35. The van der Waals surface area contributed by atoms with Crippen LogP contribution in [0.5, 0.6) is 0 Å². The Hall–Kier alpha value is -2.28. The van der Waals surface area contributed by atoms with Gasteiger partial charge in [-0.1, -0.05) is 17.3 Å². The number of para-hydroxylation sites is 1. The summed E-state index contributed by atoms with van der Waals surface area (Å²) in [5.41, 5.74) is 0.236. The quantitative estimate of drug-likeness (QED) is 0.681. The fraction of sp³-hybridized carbons (Fsp3) is 0.385. The van der Waals surface area contributed by atoms with Crippen LogP contribution in [0.15, 0.2) is 28.8 Å². The molecule has 0 atom stereocenters. The van der Waals surface area contributed by atoms with Crippen LogP contribution < -0.4 is 5.32 Å². The first kappa shape index (κ1) is 14.1. The van der Waals surface area contributed by atoms with E-state index in [9.17, 15) is 10.1 Å². The smallest absolute Gasteiger partial charge is 0.280 e. The summed E-state index contributed by atoms with van der Waals surface area (Å²) in [4.78, 5) is 14.7.